The molecule has 6 nitrogen and oxygen atoms in total. The molecule has 3 aromatic rings. The van der Waals surface area contributed by atoms with Gasteiger partial charge in [-0.25, -0.2) is 14.8 Å². The summed E-state index contributed by atoms with van der Waals surface area (Å²) in [6, 6.07) is 10.7. The molecule has 6 heteroatoms. The highest BCUT2D eigenvalue weighted by molar-refractivity contribution is 5.89. The average molecular weight is 282 g/mol. The van der Waals surface area contributed by atoms with Crippen LogP contribution in [0.1, 0.15) is 10.4 Å². The molecule has 0 saturated heterocycles. The molecule has 1 aromatic carbocycles. The van der Waals surface area contributed by atoms with E-state index in [2.05, 4.69) is 9.97 Å². The van der Waals surface area contributed by atoms with Crippen molar-refractivity contribution >= 4 is 22.8 Å². The Morgan fingerprint density at radius 1 is 1.19 bits per heavy atom. The molecule has 0 unspecified atom stereocenters. The highest BCUT2D eigenvalue weighted by atomic mass is 16.5. The second kappa shape index (κ2) is 5.62. The summed E-state index contributed by atoms with van der Waals surface area (Å²) >= 11 is 0. The minimum absolute atomic E-state index is 0.256. The van der Waals surface area contributed by atoms with Crippen molar-refractivity contribution in [3.8, 4) is 0 Å². The molecular weight excluding hydrogens is 268 g/mol. The number of benzene rings is 1. The Morgan fingerprint density at radius 3 is 2.81 bits per heavy atom. The molecule has 0 bridgehead atoms. The van der Waals surface area contributed by atoms with E-state index in [9.17, 15) is 4.79 Å². The standard InChI is InChI=1S/C15H14N4O2/c16-14-13-12(17-10-18-14)6-7-19(13)8-9-21-15(20)11-4-2-1-3-5-11/h1-7,10H,8-9H2,(H2,16,17,18). The van der Waals surface area contributed by atoms with Crippen molar-refractivity contribution in [2.24, 2.45) is 0 Å². The molecule has 0 radical (unpaired) electrons. The van der Waals surface area contributed by atoms with Crippen LogP contribution in [0.2, 0.25) is 0 Å². The number of hydrogen-bond acceptors (Lipinski definition) is 5. The third-order valence-corrected chi connectivity index (χ3v) is 3.15. The van der Waals surface area contributed by atoms with Gasteiger partial charge in [-0.3, -0.25) is 0 Å². The summed E-state index contributed by atoms with van der Waals surface area (Å²) in [7, 11) is 0. The summed E-state index contributed by atoms with van der Waals surface area (Å²) in [5, 5.41) is 0. The Hall–Kier alpha value is -2.89. The zero-order chi connectivity index (χ0) is 14.7. The van der Waals surface area contributed by atoms with Gasteiger partial charge < -0.3 is 15.0 Å². The summed E-state index contributed by atoms with van der Waals surface area (Å²) in [6.07, 6.45) is 3.28. The zero-order valence-corrected chi connectivity index (χ0v) is 11.3. The lowest BCUT2D eigenvalue weighted by molar-refractivity contribution is 0.0492. The van der Waals surface area contributed by atoms with Crippen LogP contribution >= 0.6 is 0 Å². The highest BCUT2D eigenvalue weighted by Crippen LogP contribution is 2.17. The normalized spacial score (nSPS) is 10.7. The molecular formula is C15H14N4O2. The number of carbonyl (C=O) groups is 1. The Labute approximate surface area is 121 Å². The minimum Gasteiger partial charge on any atom is -0.460 e. The molecule has 0 amide bonds. The van der Waals surface area contributed by atoms with Gasteiger partial charge in [-0.1, -0.05) is 18.2 Å². The fraction of sp³-hybridized carbons (Fsp3) is 0.133. The van der Waals surface area contributed by atoms with E-state index in [1.807, 2.05) is 22.9 Å². The smallest absolute Gasteiger partial charge is 0.338 e. The van der Waals surface area contributed by atoms with E-state index in [-0.39, 0.29) is 12.6 Å². The molecule has 0 aliphatic rings. The number of fused-ring (bicyclic) bond motifs is 1. The van der Waals surface area contributed by atoms with E-state index < -0.39 is 0 Å². The van der Waals surface area contributed by atoms with Crippen molar-refractivity contribution in [1.29, 1.82) is 0 Å². The van der Waals surface area contributed by atoms with E-state index in [4.69, 9.17) is 10.5 Å². The van der Waals surface area contributed by atoms with Gasteiger partial charge in [0.1, 0.15) is 18.5 Å². The van der Waals surface area contributed by atoms with Crippen molar-refractivity contribution in [2.75, 3.05) is 12.3 Å². The van der Waals surface area contributed by atoms with Gasteiger partial charge in [0.25, 0.3) is 0 Å². The maximum absolute atomic E-state index is 11.8. The van der Waals surface area contributed by atoms with Gasteiger partial charge in [0, 0.05) is 6.20 Å². The average Bonchev–Trinajstić information content (AvgIpc) is 2.93. The van der Waals surface area contributed by atoms with E-state index in [0.717, 1.165) is 11.0 Å². The number of ether oxygens (including phenoxy) is 1. The number of nitrogen functional groups attached to an aromatic ring is 1. The Morgan fingerprint density at radius 2 is 2.00 bits per heavy atom. The van der Waals surface area contributed by atoms with Gasteiger partial charge in [-0.2, -0.15) is 0 Å². The molecule has 21 heavy (non-hydrogen) atoms. The number of nitrogens with zero attached hydrogens (tertiary/aromatic N) is 3. The number of carbonyl (C=O) groups excluding carboxylic acids is 1. The van der Waals surface area contributed by atoms with Gasteiger partial charge in [0.15, 0.2) is 5.82 Å². The van der Waals surface area contributed by atoms with Crippen LogP contribution in [0.5, 0.6) is 0 Å². The molecule has 2 heterocycles. The molecule has 3 rings (SSSR count). The monoisotopic (exact) mass is 282 g/mol. The predicted octanol–water partition coefficient (Wildman–Crippen LogP) is 1.87. The molecule has 2 aromatic heterocycles. The Kier molecular flexibility index (Phi) is 3.51. The van der Waals surface area contributed by atoms with Crippen LogP contribution in [0, 0.1) is 0 Å². The van der Waals surface area contributed by atoms with E-state index in [0.29, 0.717) is 17.9 Å². The predicted molar refractivity (Wildman–Crippen MR) is 78.7 cm³/mol. The number of aromatic nitrogens is 3. The van der Waals surface area contributed by atoms with Crippen molar-refractivity contribution in [2.45, 2.75) is 6.54 Å². The van der Waals surface area contributed by atoms with Crippen LogP contribution in [0.15, 0.2) is 48.9 Å². The number of esters is 1. The lowest BCUT2D eigenvalue weighted by Crippen LogP contribution is -2.11. The van der Waals surface area contributed by atoms with E-state index >= 15 is 0 Å². The van der Waals surface area contributed by atoms with Crippen molar-refractivity contribution < 1.29 is 9.53 Å². The molecule has 0 aliphatic carbocycles. The molecule has 0 atom stereocenters. The third-order valence-electron chi connectivity index (χ3n) is 3.15. The van der Waals surface area contributed by atoms with E-state index in [1.165, 1.54) is 6.33 Å². The number of anilines is 1. The molecule has 0 spiro atoms. The fourth-order valence-corrected chi connectivity index (χ4v) is 2.14. The van der Waals surface area contributed by atoms with Crippen LogP contribution in [0.3, 0.4) is 0 Å². The summed E-state index contributed by atoms with van der Waals surface area (Å²) in [6.45, 7) is 0.755. The van der Waals surface area contributed by atoms with Gasteiger partial charge in [-0.05, 0) is 18.2 Å². The lowest BCUT2D eigenvalue weighted by atomic mass is 10.2. The second-order valence-corrected chi connectivity index (χ2v) is 4.50. The van der Waals surface area contributed by atoms with Crippen LogP contribution < -0.4 is 5.73 Å². The first kappa shape index (κ1) is 13.1. The van der Waals surface area contributed by atoms with Gasteiger partial charge in [0.2, 0.25) is 0 Å². The topological polar surface area (TPSA) is 83.0 Å². The lowest BCUT2D eigenvalue weighted by Gasteiger charge is -2.08. The van der Waals surface area contributed by atoms with Crippen molar-refractivity contribution in [3.63, 3.8) is 0 Å². The van der Waals surface area contributed by atoms with Gasteiger partial charge in [0.05, 0.1) is 17.6 Å². The fourth-order valence-electron chi connectivity index (χ4n) is 2.14. The Balaban J connectivity index is 1.66. The highest BCUT2D eigenvalue weighted by Gasteiger charge is 2.08. The number of nitrogens with two attached hydrogens (primary N) is 1. The molecule has 0 saturated carbocycles. The summed E-state index contributed by atoms with van der Waals surface area (Å²) in [5.41, 5.74) is 7.92. The molecule has 0 aliphatic heterocycles. The first-order chi connectivity index (χ1) is 10.3. The summed E-state index contributed by atoms with van der Waals surface area (Å²) < 4.78 is 7.13. The van der Waals surface area contributed by atoms with Crippen LogP contribution in [-0.4, -0.2) is 27.1 Å². The van der Waals surface area contributed by atoms with Crippen LogP contribution in [0.4, 0.5) is 5.82 Å². The minimum atomic E-state index is -0.337. The first-order valence-corrected chi connectivity index (χ1v) is 6.53. The molecule has 2 N–H and O–H groups in total. The molecule has 0 fully saturated rings. The second-order valence-electron chi connectivity index (χ2n) is 4.50. The van der Waals surface area contributed by atoms with E-state index in [1.54, 1.807) is 24.3 Å². The maximum atomic E-state index is 11.8. The summed E-state index contributed by atoms with van der Waals surface area (Å²) in [4.78, 5) is 19.9. The zero-order valence-electron chi connectivity index (χ0n) is 11.3. The molecule has 106 valence electrons. The van der Waals surface area contributed by atoms with Crippen molar-refractivity contribution in [1.82, 2.24) is 14.5 Å². The van der Waals surface area contributed by atoms with Crippen LogP contribution in [0.25, 0.3) is 11.0 Å². The summed E-state index contributed by atoms with van der Waals surface area (Å²) in [5.74, 6) is 0.0793. The van der Waals surface area contributed by atoms with Crippen molar-refractivity contribution in [3.05, 3.63) is 54.5 Å². The first-order valence-electron chi connectivity index (χ1n) is 6.53. The number of hydrogen-bond donors (Lipinski definition) is 1. The maximum Gasteiger partial charge on any atom is 0.338 e. The van der Waals surface area contributed by atoms with Gasteiger partial charge >= 0.3 is 5.97 Å². The Bertz CT molecular complexity index is 768. The third kappa shape index (κ3) is 2.69. The number of rotatable bonds is 4. The largest absolute Gasteiger partial charge is 0.460 e. The van der Waals surface area contributed by atoms with Gasteiger partial charge in [-0.15, -0.1) is 0 Å². The quantitative estimate of drug-likeness (QED) is 0.739. The SMILES string of the molecule is Nc1ncnc2ccn(CCOC(=O)c3ccccc3)c12. The van der Waals surface area contributed by atoms with Crippen LogP contribution in [-0.2, 0) is 11.3 Å².